The Bertz CT molecular complexity index is 730. The first kappa shape index (κ1) is 13.7. The maximum Gasteiger partial charge on any atom is 0.239 e. The van der Waals surface area contributed by atoms with Crippen molar-refractivity contribution in [2.45, 2.75) is 13.8 Å². The zero-order valence-corrected chi connectivity index (χ0v) is 13.0. The van der Waals surface area contributed by atoms with Crippen LogP contribution >= 0.6 is 11.6 Å². The highest BCUT2D eigenvalue weighted by Gasteiger charge is 2.62. The van der Waals surface area contributed by atoms with E-state index in [9.17, 15) is 9.59 Å². The van der Waals surface area contributed by atoms with E-state index in [0.29, 0.717) is 10.8 Å². The molecule has 1 saturated carbocycles. The molecule has 1 aromatic rings. The highest BCUT2D eigenvalue weighted by molar-refractivity contribution is 6.31. The number of rotatable bonds is 1. The maximum absolute atomic E-state index is 12.8. The SMILES string of the molecule is CC(C)=C1[C@H]2C=C[C@H]1[C@H]1C(=O)N(c3cc(Cl)ccn3)C(=O)[C@@H]12. The van der Waals surface area contributed by atoms with Gasteiger partial charge in [-0.25, -0.2) is 9.88 Å². The Balaban J connectivity index is 1.78. The van der Waals surface area contributed by atoms with Crippen LogP contribution in [-0.4, -0.2) is 16.8 Å². The van der Waals surface area contributed by atoms with E-state index in [4.69, 9.17) is 11.6 Å². The molecule has 0 spiro atoms. The quantitative estimate of drug-likeness (QED) is 0.591. The van der Waals surface area contributed by atoms with Gasteiger partial charge >= 0.3 is 0 Å². The van der Waals surface area contributed by atoms with Gasteiger partial charge in [0, 0.05) is 29.1 Å². The van der Waals surface area contributed by atoms with Gasteiger partial charge < -0.3 is 0 Å². The van der Waals surface area contributed by atoms with Crippen LogP contribution in [0.3, 0.4) is 0 Å². The first-order valence-corrected chi connectivity index (χ1v) is 7.73. The molecule has 112 valence electrons. The smallest absolute Gasteiger partial charge is 0.239 e. The van der Waals surface area contributed by atoms with Crippen LogP contribution in [0.2, 0.25) is 5.02 Å². The topological polar surface area (TPSA) is 50.3 Å². The van der Waals surface area contributed by atoms with Gasteiger partial charge in [-0.05, 0) is 19.9 Å². The van der Waals surface area contributed by atoms with E-state index in [0.717, 1.165) is 0 Å². The normalized spacial score (nSPS) is 32.1. The predicted octanol–water partition coefficient (Wildman–Crippen LogP) is 2.99. The third-order valence-corrected chi connectivity index (χ3v) is 5.16. The largest absolute Gasteiger partial charge is 0.274 e. The van der Waals surface area contributed by atoms with E-state index in [1.54, 1.807) is 12.1 Å². The van der Waals surface area contributed by atoms with Crippen LogP contribution in [0.5, 0.6) is 0 Å². The second-order valence-electron chi connectivity index (χ2n) is 6.29. The molecule has 1 aliphatic heterocycles. The molecule has 5 heteroatoms. The highest BCUT2D eigenvalue weighted by Crippen LogP contribution is 2.57. The van der Waals surface area contributed by atoms with Crippen molar-refractivity contribution < 1.29 is 9.59 Å². The molecule has 0 radical (unpaired) electrons. The summed E-state index contributed by atoms with van der Waals surface area (Å²) in [5.74, 6) is -0.432. The number of anilines is 1. The summed E-state index contributed by atoms with van der Waals surface area (Å²) in [6, 6.07) is 3.19. The molecule has 2 amide bonds. The van der Waals surface area contributed by atoms with E-state index in [1.807, 2.05) is 0 Å². The van der Waals surface area contributed by atoms with Crippen LogP contribution in [0.4, 0.5) is 5.82 Å². The molecule has 1 saturated heterocycles. The number of amides is 2. The summed E-state index contributed by atoms with van der Waals surface area (Å²) >= 11 is 5.96. The molecule has 2 heterocycles. The Morgan fingerprint density at radius 3 is 2.23 bits per heavy atom. The first-order chi connectivity index (χ1) is 10.5. The molecule has 0 aromatic carbocycles. The second kappa shape index (κ2) is 4.53. The van der Waals surface area contributed by atoms with Crippen LogP contribution in [-0.2, 0) is 9.59 Å². The number of aromatic nitrogens is 1. The summed E-state index contributed by atoms with van der Waals surface area (Å²) in [7, 11) is 0. The van der Waals surface area contributed by atoms with E-state index in [-0.39, 0.29) is 35.5 Å². The van der Waals surface area contributed by atoms with Crippen LogP contribution in [0, 0.1) is 23.7 Å². The minimum Gasteiger partial charge on any atom is -0.274 e. The number of imide groups is 1. The number of nitrogens with zero attached hydrogens (tertiary/aromatic N) is 2. The summed E-state index contributed by atoms with van der Waals surface area (Å²) in [4.78, 5) is 31.0. The molecule has 3 aliphatic rings. The summed E-state index contributed by atoms with van der Waals surface area (Å²) in [5, 5.41) is 0.466. The Kier molecular flexibility index (Phi) is 2.82. The lowest BCUT2D eigenvalue weighted by molar-refractivity contribution is -0.123. The predicted molar refractivity (Wildman–Crippen MR) is 83.2 cm³/mol. The highest BCUT2D eigenvalue weighted by atomic mass is 35.5. The van der Waals surface area contributed by atoms with Gasteiger partial charge in [0.2, 0.25) is 11.8 Å². The van der Waals surface area contributed by atoms with Crippen molar-refractivity contribution in [2.75, 3.05) is 4.90 Å². The molecule has 2 fully saturated rings. The third-order valence-electron chi connectivity index (χ3n) is 4.93. The minimum atomic E-state index is -0.284. The van der Waals surface area contributed by atoms with E-state index in [1.165, 1.54) is 22.2 Å². The Labute approximate surface area is 133 Å². The maximum atomic E-state index is 12.8. The number of carbonyl (C=O) groups excluding carboxylic acids is 2. The van der Waals surface area contributed by atoms with E-state index in [2.05, 4.69) is 31.0 Å². The Morgan fingerprint density at radius 2 is 1.73 bits per heavy atom. The van der Waals surface area contributed by atoms with Crippen molar-refractivity contribution in [1.82, 2.24) is 4.98 Å². The van der Waals surface area contributed by atoms with Gasteiger partial charge in [-0.2, -0.15) is 0 Å². The number of carbonyl (C=O) groups is 2. The van der Waals surface area contributed by atoms with Crippen molar-refractivity contribution in [3.63, 3.8) is 0 Å². The van der Waals surface area contributed by atoms with Crippen LogP contribution in [0.15, 0.2) is 41.6 Å². The van der Waals surface area contributed by atoms with Crippen molar-refractivity contribution >= 4 is 29.2 Å². The first-order valence-electron chi connectivity index (χ1n) is 7.35. The summed E-state index contributed by atoms with van der Waals surface area (Å²) in [6.45, 7) is 4.10. The van der Waals surface area contributed by atoms with Gasteiger partial charge in [0.25, 0.3) is 0 Å². The van der Waals surface area contributed by atoms with Gasteiger partial charge in [0.05, 0.1) is 11.8 Å². The molecule has 22 heavy (non-hydrogen) atoms. The summed E-state index contributed by atoms with van der Waals surface area (Å²) < 4.78 is 0. The molecular formula is C17H15ClN2O2. The lowest BCUT2D eigenvalue weighted by Gasteiger charge is -2.18. The number of fused-ring (bicyclic) bond motifs is 5. The average molecular weight is 315 g/mol. The van der Waals surface area contributed by atoms with E-state index >= 15 is 0 Å². The van der Waals surface area contributed by atoms with Gasteiger partial charge in [-0.3, -0.25) is 9.59 Å². The number of hydrogen-bond acceptors (Lipinski definition) is 3. The number of halogens is 1. The van der Waals surface area contributed by atoms with Crippen molar-refractivity contribution in [1.29, 1.82) is 0 Å². The van der Waals surface area contributed by atoms with Gasteiger partial charge in [-0.15, -0.1) is 0 Å². The Morgan fingerprint density at radius 1 is 1.14 bits per heavy atom. The molecule has 2 aliphatic carbocycles. The molecule has 2 bridgehead atoms. The van der Waals surface area contributed by atoms with Gasteiger partial charge in [0.15, 0.2) is 0 Å². The van der Waals surface area contributed by atoms with Gasteiger partial charge in [0.1, 0.15) is 5.82 Å². The molecule has 0 unspecified atom stereocenters. The lowest BCUT2D eigenvalue weighted by Crippen LogP contribution is -2.33. The Hall–Kier alpha value is -1.94. The fourth-order valence-electron chi connectivity index (χ4n) is 4.17. The molecule has 0 N–H and O–H groups in total. The second-order valence-corrected chi connectivity index (χ2v) is 6.72. The van der Waals surface area contributed by atoms with E-state index < -0.39 is 0 Å². The van der Waals surface area contributed by atoms with Crippen LogP contribution in [0.25, 0.3) is 0 Å². The summed E-state index contributed by atoms with van der Waals surface area (Å²) in [5.41, 5.74) is 2.46. The van der Waals surface area contributed by atoms with Crippen molar-refractivity contribution in [2.24, 2.45) is 23.7 Å². The van der Waals surface area contributed by atoms with Crippen molar-refractivity contribution in [3.05, 3.63) is 46.7 Å². The number of allylic oxidation sites excluding steroid dienone is 4. The van der Waals surface area contributed by atoms with Crippen LogP contribution in [0.1, 0.15) is 13.8 Å². The summed E-state index contributed by atoms with van der Waals surface area (Å²) in [6.07, 6.45) is 5.67. The molecule has 4 rings (SSSR count). The minimum absolute atomic E-state index is 0.0561. The zero-order valence-electron chi connectivity index (χ0n) is 12.3. The number of pyridine rings is 1. The molecule has 4 nitrogen and oxygen atoms in total. The lowest BCUT2D eigenvalue weighted by atomic mass is 9.85. The zero-order chi connectivity index (χ0) is 15.6. The third kappa shape index (κ3) is 1.61. The average Bonchev–Trinajstić information content (AvgIpc) is 3.09. The molecule has 4 atom stereocenters. The molecular weight excluding hydrogens is 300 g/mol. The van der Waals surface area contributed by atoms with Gasteiger partial charge in [-0.1, -0.05) is 34.9 Å². The monoisotopic (exact) mass is 314 g/mol. The standard InChI is InChI=1S/C17H15ClN2O2/c1-8(2)13-10-3-4-11(13)15-14(10)16(21)20(17(15)22)12-7-9(18)5-6-19-12/h3-7,10-11,14-15H,1-2H3/t10-,11-,14-,15-/m1/s1. The molecule has 1 aromatic heterocycles. The van der Waals surface area contributed by atoms with Crippen molar-refractivity contribution in [3.8, 4) is 0 Å². The van der Waals surface area contributed by atoms with Crippen LogP contribution < -0.4 is 4.90 Å². The number of hydrogen-bond donors (Lipinski definition) is 0. The fraction of sp³-hybridized carbons (Fsp3) is 0.353. The fourth-order valence-corrected chi connectivity index (χ4v) is 4.33.